The lowest BCUT2D eigenvalue weighted by Crippen LogP contribution is -2.17. The van der Waals surface area contributed by atoms with Crippen molar-refractivity contribution in [2.24, 2.45) is 0 Å². The van der Waals surface area contributed by atoms with Crippen LogP contribution in [0.25, 0.3) is 11.1 Å². The maximum absolute atomic E-state index is 13.1. The molecular formula is C26H14O4S2. The van der Waals surface area contributed by atoms with E-state index < -0.39 is 21.6 Å². The fourth-order valence-electron chi connectivity index (χ4n) is 4.26. The van der Waals surface area contributed by atoms with Gasteiger partial charge in [0.15, 0.2) is 11.6 Å². The molecule has 154 valence electrons. The average molecular weight is 455 g/mol. The van der Waals surface area contributed by atoms with Crippen molar-refractivity contribution in [1.29, 1.82) is 0 Å². The van der Waals surface area contributed by atoms with Crippen molar-refractivity contribution in [2.45, 2.75) is 19.6 Å². The summed E-state index contributed by atoms with van der Waals surface area (Å²) < 4.78 is 25.9. The molecule has 0 spiro atoms. The molecule has 0 saturated heterocycles. The van der Waals surface area contributed by atoms with Crippen LogP contribution in [0.2, 0.25) is 0 Å². The largest absolute Gasteiger partial charge is 0.289 e. The van der Waals surface area contributed by atoms with Gasteiger partial charge in [0.1, 0.15) is 0 Å². The van der Waals surface area contributed by atoms with Crippen molar-refractivity contribution >= 4 is 33.2 Å². The van der Waals surface area contributed by atoms with Gasteiger partial charge in [-0.25, -0.2) is 8.42 Å². The minimum atomic E-state index is -1.43. The fourth-order valence-corrected chi connectivity index (χ4v) is 6.94. The highest BCUT2D eigenvalue weighted by molar-refractivity contribution is 7.85. The zero-order valence-corrected chi connectivity index (χ0v) is 18.2. The lowest BCUT2D eigenvalue weighted by molar-refractivity contribution is 0.102. The van der Waals surface area contributed by atoms with E-state index in [-0.39, 0.29) is 11.6 Å². The van der Waals surface area contributed by atoms with E-state index in [9.17, 15) is 18.0 Å². The molecule has 2 heterocycles. The van der Waals surface area contributed by atoms with Crippen molar-refractivity contribution < 1.29 is 18.0 Å². The van der Waals surface area contributed by atoms with Crippen LogP contribution in [-0.4, -0.2) is 20.0 Å². The molecule has 4 aromatic carbocycles. The molecule has 4 aromatic rings. The lowest BCUT2D eigenvalue weighted by atomic mass is 9.95. The second kappa shape index (κ2) is 7.02. The summed E-state index contributed by atoms with van der Waals surface area (Å²) in [6.07, 6.45) is 0. The number of hydrogen-bond donors (Lipinski definition) is 0. The third-order valence-electron chi connectivity index (χ3n) is 5.84. The topological polar surface area (TPSA) is 68.3 Å². The van der Waals surface area contributed by atoms with Gasteiger partial charge in [0.2, 0.25) is 0 Å². The second-order valence-electron chi connectivity index (χ2n) is 7.61. The van der Waals surface area contributed by atoms with E-state index in [4.69, 9.17) is 0 Å². The van der Waals surface area contributed by atoms with Crippen LogP contribution >= 0.6 is 0 Å². The Bertz CT molecular complexity index is 1430. The van der Waals surface area contributed by atoms with Crippen molar-refractivity contribution in [3.8, 4) is 11.1 Å². The predicted molar refractivity (Wildman–Crippen MR) is 121 cm³/mol. The number of benzene rings is 4. The van der Waals surface area contributed by atoms with E-state index in [2.05, 4.69) is 0 Å². The molecule has 2 unspecified atom stereocenters. The van der Waals surface area contributed by atoms with Gasteiger partial charge in [0, 0.05) is 22.3 Å². The number of fused-ring (bicyclic) bond motifs is 4. The molecule has 0 amide bonds. The quantitative estimate of drug-likeness (QED) is 0.359. The van der Waals surface area contributed by atoms with Crippen LogP contribution in [0.15, 0.2) is 105 Å². The number of hydrogen-bond acceptors (Lipinski definition) is 4. The first-order chi connectivity index (χ1) is 15.5. The Morgan fingerprint density at radius 3 is 1.25 bits per heavy atom. The minimum Gasteiger partial charge on any atom is -0.289 e. The smallest absolute Gasteiger partial charge is 0.195 e. The van der Waals surface area contributed by atoms with E-state index >= 15 is 0 Å². The summed E-state index contributed by atoms with van der Waals surface area (Å²) in [7, 11) is -2.86. The Balaban J connectivity index is 1.47. The van der Waals surface area contributed by atoms with E-state index in [1.54, 1.807) is 84.9 Å². The summed E-state index contributed by atoms with van der Waals surface area (Å²) in [5, 5.41) is 0. The van der Waals surface area contributed by atoms with Gasteiger partial charge in [0.05, 0.1) is 41.2 Å². The van der Waals surface area contributed by atoms with Gasteiger partial charge in [-0.15, -0.1) is 0 Å². The molecule has 2 aliphatic rings. The number of carbonyl (C=O) groups is 2. The summed E-state index contributed by atoms with van der Waals surface area (Å²) in [6, 6.07) is 24.4. The van der Waals surface area contributed by atoms with Gasteiger partial charge >= 0.3 is 0 Å². The molecule has 2 aliphatic heterocycles. The zero-order valence-electron chi connectivity index (χ0n) is 16.5. The van der Waals surface area contributed by atoms with Gasteiger partial charge in [-0.05, 0) is 59.7 Å². The summed E-state index contributed by atoms with van der Waals surface area (Å²) in [4.78, 5) is 28.2. The molecule has 2 atom stereocenters. The maximum Gasteiger partial charge on any atom is 0.195 e. The minimum absolute atomic E-state index is 0.166. The SMILES string of the molecule is O=C1c2ccccc2S(=O)c2ccc(-c3ccc4c(c3)C(=O)c3ccccc3S4=O)cc21. The maximum atomic E-state index is 13.1. The van der Waals surface area contributed by atoms with Gasteiger partial charge in [0.25, 0.3) is 0 Å². The Labute approximate surface area is 188 Å². The van der Waals surface area contributed by atoms with Crippen molar-refractivity contribution in [3.05, 3.63) is 107 Å². The fraction of sp³-hybridized carbons (Fsp3) is 0. The van der Waals surface area contributed by atoms with E-state index in [1.165, 1.54) is 0 Å². The molecule has 0 aromatic heterocycles. The van der Waals surface area contributed by atoms with Crippen LogP contribution in [-0.2, 0) is 21.6 Å². The summed E-state index contributed by atoms with van der Waals surface area (Å²) >= 11 is 0. The molecular weight excluding hydrogens is 440 g/mol. The van der Waals surface area contributed by atoms with Gasteiger partial charge < -0.3 is 0 Å². The highest BCUT2D eigenvalue weighted by Crippen LogP contribution is 2.37. The summed E-state index contributed by atoms with van der Waals surface area (Å²) in [6.45, 7) is 0. The van der Waals surface area contributed by atoms with Crippen LogP contribution < -0.4 is 0 Å². The molecule has 0 aliphatic carbocycles. The first kappa shape index (κ1) is 19.2. The number of carbonyl (C=O) groups excluding carboxylic acids is 2. The van der Waals surface area contributed by atoms with Crippen LogP contribution in [0.3, 0.4) is 0 Å². The van der Waals surface area contributed by atoms with Gasteiger partial charge in [-0.1, -0.05) is 36.4 Å². The third-order valence-corrected chi connectivity index (χ3v) is 8.87. The predicted octanol–water partition coefficient (Wildman–Crippen LogP) is 4.78. The highest BCUT2D eigenvalue weighted by atomic mass is 32.2. The molecule has 6 heteroatoms. The lowest BCUT2D eigenvalue weighted by Gasteiger charge is -2.20. The van der Waals surface area contributed by atoms with Crippen LogP contribution in [0, 0.1) is 0 Å². The summed E-state index contributed by atoms with van der Waals surface area (Å²) in [5.41, 5.74) is 3.16. The van der Waals surface area contributed by atoms with Crippen LogP contribution in [0.5, 0.6) is 0 Å². The molecule has 4 nitrogen and oxygen atoms in total. The first-order valence-electron chi connectivity index (χ1n) is 9.94. The van der Waals surface area contributed by atoms with Gasteiger partial charge in [-0.2, -0.15) is 0 Å². The zero-order chi connectivity index (χ0) is 22.0. The van der Waals surface area contributed by atoms with Crippen molar-refractivity contribution in [1.82, 2.24) is 0 Å². The van der Waals surface area contributed by atoms with E-state index in [0.717, 1.165) is 11.1 Å². The second-order valence-corrected chi connectivity index (χ2v) is 10.4. The Morgan fingerprint density at radius 1 is 0.438 bits per heavy atom. The van der Waals surface area contributed by atoms with Crippen molar-refractivity contribution in [2.75, 3.05) is 0 Å². The van der Waals surface area contributed by atoms with Crippen molar-refractivity contribution in [3.63, 3.8) is 0 Å². The molecule has 0 saturated carbocycles. The highest BCUT2D eigenvalue weighted by Gasteiger charge is 2.30. The van der Waals surface area contributed by atoms with Crippen LogP contribution in [0.1, 0.15) is 31.8 Å². The Morgan fingerprint density at radius 2 is 0.812 bits per heavy atom. The van der Waals surface area contributed by atoms with E-state index in [0.29, 0.717) is 41.8 Å². The third kappa shape index (κ3) is 2.66. The average Bonchev–Trinajstić information content (AvgIpc) is 2.85. The Kier molecular flexibility index (Phi) is 4.22. The molecule has 0 bridgehead atoms. The number of rotatable bonds is 1. The number of ketones is 2. The first-order valence-corrected chi connectivity index (χ1v) is 12.2. The van der Waals surface area contributed by atoms with Gasteiger partial charge in [-0.3, -0.25) is 9.59 Å². The molecule has 0 fully saturated rings. The van der Waals surface area contributed by atoms with E-state index in [1.807, 2.05) is 0 Å². The summed E-state index contributed by atoms with van der Waals surface area (Å²) in [5.74, 6) is -0.331. The standard InChI is InChI=1S/C26H14O4S2/c27-25-17-5-1-3-7-21(17)31(29)23-11-9-15(13-19(23)25)16-10-12-24-20(14-16)26(28)18-6-2-4-8-22(18)32(24)30/h1-14H. The molecule has 0 radical (unpaired) electrons. The normalized spacial score (nSPS) is 18.4. The molecule has 32 heavy (non-hydrogen) atoms. The Hall–Kier alpha value is -3.48. The monoisotopic (exact) mass is 454 g/mol. The van der Waals surface area contributed by atoms with Crippen LogP contribution in [0.4, 0.5) is 0 Å². The molecule has 6 rings (SSSR count). The molecule has 0 N–H and O–H groups in total.